The predicted molar refractivity (Wildman–Crippen MR) is 87.5 cm³/mol. The second-order valence-electron chi connectivity index (χ2n) is 4.80. The smallest absolute Gasteiger partial charge is 0.338 e. The van der Waals surface area contributed by atoms with Crippen LogP contribution in [0.3, 0.4) is 0 Å². The largest absolute Gasteiger partial charge is 0.493 e. The Morgan fingerprint density at radius 1 is 1.04 bits per heavy atom. The van der Waals surface area contributed by atoms with Gasteiger partial charge in [0, 0.05) is 0 Å². The summed E-state index contributed by atoms with van der Waals surface area (Å²) >= 11 is 0. The number of hydrogen-bond donors (Lipinski definition) is 2. The average Bonchev–Trinajstić information content (AvgIpc) is 2.59. The molecule has 1 aromatic rings. The van der Waals surface area contributed by atoms with Gasteiger partial charge in [-0.2, -0.15) is 0 Å². The molecule has 7 heteroatoms. The molecule has 0 aromatic heterocycles. The maximum absolute atomic E-state index is 12.1. The van der Waals surface area contributed by atoms with E-state index in [-0.39, 0.29) is 0 Å². The number of benzene rings is 1. The number of rotatable bonds is 11. The van der Waals surface area contributed by atoms with Gasteiger partial charge in [-0.25, -0.2) is 4.79 Å². The van der Waals surface area contributed by atoms with Gasteiger partial charge in [0.15, 0.2) is 11.5 Å². The highest BCUT2D eigenvalue weighted by Gasteiger charge is 2.17. The minimum absolute atomic E-state index is 0.338. The van der Waals surface area contributed by atoms with Crippen molar-refractivity contribution >= 4 is 5.97 Å². The molecule has 1 aromatic carbocycles. The zero-order chi connectivity index (χ0) is 17.1. The van der Waals surface area contributed by atoms with E-state index in [0.717, 1.165) is 25.9 Å². The van der Waals surface area contributed by atoms with E-state index in [9.17, 15) is 4.79 Å². The normalized spacial score (nSPS) is 10.3. The zero-order valence-corrected chi connectivity index (χ0v) is 14.0. The SMILES string of the molecule is COc1cc(C(=O)OCCCNCCCN)cc(OC)c1OC. The molecule has 7 nitrogen and oxygen atoms in total. The maximum Gasteiger partial charge on any atom is 0.338 e. The minimum atomic E-state index is -0.425. The molecule has 0 saturated heterocycles. The number of nitrogens with two attached hydrogens (primary N) is 1. The van der Waals surface area contributed by atoms with Gasteiger partial charge in [-0.15, -0.1) is 0 Å². The van der Waals surface area contributed by atoms with Gasteiger partial charge in [0.2, 0.25) is 5.75 Å². The third kappa shape index (κ3) is 5.96. The molecule has 0 saturated carbocycles. The van der Waals surface area contributed by atoms with Crippen molar-refractivity contribution in [2.45, 2.75) is 12.8 Å². The quantitative estimate of drug-likeness (QED) is 0.466. The van der Waals surface area contributed by atoms with Gasteiger partial charge in [0.05, 0.1) is 33.5 Å². The van der Waals surface area contributed by atoms with Crippen LogP contribution in [-0.4, -0.2) is 53.5 Å². The minimum Gasteiger partial charge on any atom is -0.493 e. The molecular formula is C16H26N2O5. The molecule has 0 aliphatic carbocycles. The molecule has 0 radical (unpaired) electrons. The molecule has 0 heterocycles. The van der Waals surface area contributed by atoms with E-state index in [4.69, 9.17) is 24.7 Å². The van der Waals surface area contributed by atoms with Gasteiger partial charge in [-0.3, -0.25) is 0 Å². The van der Waals surface area contributed by atoms with E-state index in [0.29, 0.717) is 36.0 Å². The van der Waals surface area contributed by atoms with Crippen LogP contribution in [0.1, 0.15) is 23.2 Å². The van der Waals surface area contributed by atoms with E-state index in [2.05, 4.69) is 5.32 Å². The van der Waals surface area contributed by atoms with Gasteiger partial charge in [-0.05, 0) is 44.6 Å². The summed E-state index contributed by atoms with van der Waals surface area (Å²) in [5.41, 5.74) is 5.76. The molecule has 0 unspecified atom stereocenters. The lowest BCUT2D eigenvalue weighted by Gasteiger charge is -2.13. The Morgan fingerprint density at radius 3 is 2.17 bits per heavy atom. The number of esters is 1. The molecule has 0 aliphatic rings. The highest BCUT2D eigenvalue weighted by Crippen LogP contribution is 2.38. The first kappa shape index (κ1) is 19.1. The van der Waals surface area contributed by atoms with Crippen molar-refractivity contribution in [1.82, 2.24) is 5.32 Å². The molecule has 23 heavy (non-hydrogen) atoms. The molecule has 0 bridgehead atoms. The van der Waals surface area contributed by atoms with Crippen LogP contribution < -0.4 is 25.3 Å². The number of carbonyl (C=O) groups excluding carboxylic acids is 1. The van der Waals surface area contributed by atoms with E-state index < -0.39 is 5.97 Å². The Morgan fingerprint density at radius 2 is 1.65 bits per heavy atom. The summed E-state index contributed by atoms with van der Waals surface area (Å²) in [4.78, 5) is 12.1. The Balaban J connectivity index is 2.56. The van der Waals surface area contributed by atoms with Crippen LogP contribution in [0.15, 0.2) is 12.1 Å². The molecular weight excluding hydrogens is 300 g/mol. The van der Waals surface area contributed by atoms with Crippen molar-refractivity contribution in [3.8, 4) is 17.2 Å². The van der Waals surface area contributed by atoms with Crippen LogP contribution in [0.25, 0.3) is 0 Å². The summed E-state index contributed by atoms with van der Waals surface area (Å²) in [5.74, 6) is 0.853. The molecule has 3 N–H and O–H groups in total. The summed E-state index contributed by atoms with van der Waals surface area (Å²) in [6.07, 6.45) is 1.67. The average molecular weight is 326 g/mol. The Hall–Kier alpha value is -1.99. The molecule has 130 valence electrons. The Bertz CT molecular complexity index is 468. The fourth-order valence-corrected chi connectivity index (χ4v) is 2.00. The first-order chi connectivity index (χ1) is 11.2. The van der Waals surface area contributed by atoms with Crippen LogP contribution in [0.4, 0.5) is 0 Å². The second kappa shape index (κ2) is 10.7. The predicted octanol–water partition coefficient (Wildman–Crippen LogP) is 1.20. The van der Waals surface area contributed by atoms with Gasteiger partial charge >= 0.3 is 5.97 Å². The Labute approximate surface area is 137 Å². The van der Waals surface area contributed by atoms with Gasteiger partial charge in [0.25, 0.3) is 0 Å². The van der Waals surface area contributed by atoms with Crippen molar-refractivity contribution < 1.29 is 23.7 Å². The highest BCUT2D eigenvalue weighted by atomic mass is 16.5. The number of carbonyl (C=O) groups is 1. The van der Waals surface area contributed by atoms with Crippen LogP contribution in [0.2, 0.25) is 0 Å². The van der Waals surface area contributed by atoms with E-state index in [1.54, 1.807) is 12.1 Å². The molecule has 0 spiro atoms. The maximum atomic E-state index is 12.1. The number of ether oxygens (including phenoxy) is 4. The molecule has 1 rings (SSSR count). The van der Waals surface area contributed by atoms with Crippen LogP contribution in [0, 0.1) is 0 Å². The number of nitrogens with one attached hydrogen (secondary N) is 1. The summed E-state index contributed by atoms with van der Waals surface area (Å²) < 4.78 is 20.9. The monoisotopic (exact) mass is 326 g/mol. The summed E-state index contributed by atoms with van der Waals surface area (Å²) in [6, 6.07) is 3.15. The lowest BCUT2D eigenvalue weighted by molar-refractivity contribution is 0.0500. The van der Waals surface area contributed by atoms with Crippen molar-refractivity contribution in [1.29, 1.82) is 0 Å². The molecule has 0 aliphatic heterocycles. The summed E-state index contributed by atoms with van der Waals surface area (Å²) in [5, 5.41) is 3.22. The van der Waals surface area contributed by atoms with Gasteiger partial charge in [-0.1, -0.05) is 0 Å². The standard InChI is InChI=1S/C16H26N2O5/c1-20-13-10-12(11-14(21-2)15(13)22-3)16(19)23-9-5-8-18-7-4-6-17/h10-11,18H,4-9,17H2,1-3H3. The van der Waals surface area contributed by atoms with Crippen molar-refractivity contribution in [3.63, 3.8) is 0 Å². The third-order valence-corrected chi connectivity index (χ3v) is 3.19. The van der Waals surface area contributed by atoms with Crippen molar-refractivity contribution in [2.75, 3.05) is 47.6 Å². The van der Waals surface area contributed by atoms with Crippen LogP contribution in [-0.2, 0) is 4.74 Å². The lowest BCUT2D eigenvalue weighted by Crippen LogP contribution is -2.21. The fourth-order valence-electron chi connectivity index (χ4n) is 2.00. The first-order valence-corrected chi connectivity index (χ1v) is 7.55. The molecule has 0 fully saturated rings. The second-order valence-corrected chi connectivity index (χ2v) is 4.80. The fraction of sp³-hybridized carbons (Fsp3) is 0.562. The van der Waals surface area contributed by atoms with Crippen molar-refractivity contribution in [3.05, 3.63) is 17.7 Å². The number of methoxy groups -OCH3 is 3. The number of hydrogen-bond acceptors (Lipinski definition) is 7. The molecule has 0 amide bonds. The van der Waals surface area contributed by atoms with Crippen molar-refractivity contribution in [2.24, 2.45) is 5.73 Å². The van der Waals surface area contributed by atoms with E-state index >= 15 is 0 Å². The van der Waals surface area contributed by atoms with Crippen LogP contribution in [0.5, 0.6) is 17.2 Å². The van der Waals surface area contributed by atoms with E-state index in [1.807, 2.05) is 0 Å². The zero-order valence-electron chi connectivity index (χ0n) is 14.0. The van der Waals surface area contributed by atoms with Crippen LogP contribution >= 0.6 is 0 Å². The lowest BCUT2D eigenvalue weighted by atomic mass is 10.2. The highest BCUT2D eigenvalue weighted by molar-refractivity contribution is 5.91. The Kier molecular flexibility index (Phi) is 8.86. The first-order valence-electron chi connectivity index (χ1n) is 7.55. The molecule has 0 atom stereocenters. The third-order valence-electron chi connectivity index (χ3n) is 3.19. The topological polar surface area (TPSA) is 92.0 Å². The van der Waals surface area contributed by atoms with E-state index in [1.165, 1.54) is 21.3 Å². The summed E-state index contributed by atoms with van der Waals surface area (Å²) in [6.45, 7) is 2.66. The van der Waals surface area contributed by atoms with Gasteiger partial charge in [0.1, 0.15) is 0 Å². The summed E-state index contributed by atoms with van der Waals surface area (Å²) in [7, 11) is 4.51. The van der Waals surface area contributed by atoms with Gasteiger partial charge < -0.3 is 30.0 Å².